The van der Waals surface area contributed by atoms with Crippen molar-refractivity contribution in [2.45, 2.75) is 33.6 Å². The monoisotopic (exact) mass is 130 g/mol. The Morgan fingerprint density at radius 1 is 1.22 bits per heavy atom. The van der Waals surface area contributed by atoms with E-state index in [9.17, 15) is 0 Å². The third-order valence-corrected chi connectivity index (χ3v) is 1.81. The maximum atomic E-state index is 8.68. The topological polar surface area (TPSA) is 20.2 Å². The van der Waals surface area contributed by atoms with Crippen LogP contribution in [-0.2, 0) is 0 Å². The van der Waals surface area contributed by atoms with Gasteiger partial charge < -0.3 is 5.11 Å². The second-order valence-corrected chi connectivity index (χ2v) is 3.04. The third-order valence-electron chi connectivity index (χ3n) is 1.81. The fourth-order valence-electron chi connectivity index (χ4n) is 0.928. The van der Waals surface area contributed by atoms with E-state index in [0.29, 0.717) is 12.5 Å². The summed E-state index contributed by atoms with van der Waals surface area (Å²) in [6.07, 6.45) is 2.39. The Morgan fingerprint density at radius 3 is 2.11 bits per heavy atom. The van der Waals surface area contributed by atoms with Crippen LogP contribution in [-0.4, -0.2) is 11.7 Å². The number of rotatable bonds is 4. The summed E-state index contributed by atoms with van der Waals surface area (Å²) in [5.74, 6) is 1.26. The van der Waals surface area contributed by atoms with Crippen molar-refractivity contribution in [2.24, 2.45) is 11.8 Å². The van der Waals surface area contributed by atoms with Gasteiger partial charge in [0, 0.05) is 6.61 Å². The number of hydrogen-bond donors (Lipinski definition) is 1. The molecule has 2 atom stereocenters. The van der Waals surface area contributed by atoms with E-state index in [4.69, 9.17) is 5.11 Å². The fourth-order valence-corrected chi connectivity index (χ4v) is 0.928. The summed E-state index contributed by atoms with van der Waals surface area (Å²) in [6, 6.07) is 0. The summed E-state index contributed by atoms with van der Waals surface area (Å²) >= 11 is 0. The van der Waals surface area contributed by atoms with Crippen LogP contribution >= 0.6 is 0 Å². The SMILES string of the molecule is CC[C@@H](C)C[C@H](C)CO. The Labute approximate surface area is 58.1 Å². The predicted molar refractivity (Wildman–Crippen MR) is 40.3 cm³/mol. The molecule has 0 rings (SSSR count). The molecule has 0 heterocycles. The highest BCUT2D eigenvalue weighted by atomic mass is 16.3. The van der Waals surface area contributed by atoms with E-state index in [1.807, 2.05) is 0 Å². The number of aliphatic hydroxyl groups is 1. The molecule has 0 amide bonds. The van der Waals surface area contributed by atoms with Gasteiger partial charge in [-0.15, -0.1) is 0 Å². The zero-order valence-electron chi connectivity index (χ0n) is 6.72. The molecule has 0 aromatic carbocycles. The molecule has 0 unspecified atom stereocenters. The Balaban J connectivity index is 3.22. The fraction of sp³-hybridized carbons (Fsp3) is 1.00. The van der Waals surface area contributed by atoms with Crippen LogP contribution in [0.3, 0.4) is 0 Å². The van der Waals surface area contributed by atoms with E-state index >= 15 is 0 Å². The van der Waals surface area contributed by atoms with Gasteiger partial charge in [-0.2, -0.15) is 0 Å². The first kappa shape index (κ1) is 8.96. The smallest absolute Gasteiger partial charge is 0.0456 e. The molecule has 0 bridgehead atoms. The van der Waals surface area contributed by atoms with Crippen molar-refractivity contribution < 1.29 is 5.11 Å². The van der Waals surface area contributed by atoms with Crippen LogP contribution < -0.4 is 0 Å². The van der Waals surface area contributed by atoms with Crippen molar-refractivity contribution in [3.8, 4) is 0 Å². The van der Waals surface area contributed by atoms with Crippen LogP contribution in [0.15, 0.2) is 0 Å². The molecule has 0 fully saturated rings. The van der Waals surface area contributed by atoms with Crippen LogP contribution in [0, 0.1) is 11.8 Å². The van der Waals surface area contributed by atoms with Crippen molar-refractivity contribution in [3.05, 3.63) is 0 Å². The lowest BCUT2D eigenvalue weighted by molar-refractivity contribution is 0.214. The van der Waals surface area contributed by atoms with Gasteiger partial charge in [0.2, 0.25) is 0 Å². The van der Waals surface area contributed by atoms with Crippen molar-refractivity contribution in [1.29, 1.82) is 0 Å². The molecule has 1 nitrogen and oxygen atoms in total. The molecule has 56 valence electrons. The highest BCUT2D eigenvalue weighted by molar-refractivity contribution is 4.55. The second-order valence-electron chi connectivity index (χ2n) is 3.04. The average molecular weight is 130 g/mol. The van der Waals surface area contributed by atoms with E-state index in [-0.39, 0.29) is 0 Å². The van der Waals surface area contributed by atoms with Gasteiger partial charge in [0.15, 0.2) is 0 Å². The summed E-state index contributed by atoms with van der Waals surface area (Å²) in [7, 11) is 0. The lowest BCUT2D eigenvalue weighted by Crippen LogP contribution is -2.05. The van der Waals surface area contributed by atoms with Crippen LogP contribution in [0.25, 0.3) is 0 Å². The molecule has 1 N–H and O–H groups in total. The highest BCUT2D eigenvalue weighted by Crippen LogP contribution is 2.13. The van der Waals surface area contributed by atoms with Crippen molar-refractivity contribution in [2.75, 3.05) is 6.61 Å². The largest absolute Gasteiger partial charge is 0.396 e. The average Bonchev–Trinajstić information content (AvgIpc) is 1.87. The van der Waals surface area contributed by atoms with Gasteiger partial charge in [-0.1, -0.05) is 27.2 Å². The van der Waals surface area contributed by atoms with Crippen molar-refractivity contribution in [3.63, 3.8) is 0 Å². The molecule has 0 aliphatic heterocycles. The van der Waals surface area contributed by atoms with Gasteiger partial charge in [0.05, 0.1) is 0 Å². The van der Waals surface area contributed by atoms with E-state index in [1.54, 1.807) is 0 Å². The molecule has 1 heteroatoms. The Hall–Kier alpha value is -0.0400. The lowest BCUT2D eigenvalue weighted by atomic mass is 9.96. The first-order chi connectivity index (χ1) is 4.20. The zero-order chi connectivity index (χ0) is 7.28. The first-order valence-corrected chi connectivity index (χ1v) is 3.81. The van der Waals surface area contributed by atoms with Crippen LogP contribution in [0.4, 0.5) is 0 Å². The zero-order valence-corrected chi connectivity index (χ0v) is 6.72. The Kier molecular flexibility index (Phi) is 4.78. The lowest BCUT2D eigenvalue weighted by Gasteiger charge is -2.12. The molecule has 0 saturated heterocycles. The summed E-state index contributed by atoms with van der Waals surface area (Å²) in [6.45, 7) is 6.84. The molecule has 0 spiro atoms. The maximum absolute atomic E-state index is 8.68. The summed E-state index contributed by atoms with van der Waals surface area (Å²) in [5.41, 5.74) is 0. The second kappa shape index (κ2) is 4.80. The summed E-state index contributed by atoms with van der Waals surface area (Å²) in [4.78, 5) is 0. The minimum absolute atomic E-state index is 0.338. The normalized spacial score (nSPS) is 17.3. The molecule has 0 aromatic rings. The molecule has 0 aliphatic rings. The Bertz CT molecular complexity index is 53.6. The molecule has 9 heavy (non-hydrogen) atoms. The van der Waals surface area contributed by atoms with E-state index in [2.05, 4.69) is 20.8 Å². The van der Waals surface area contributed by atoms with Gasteiger partial charge in [-0.05, 0) is 18.3 Å². The molecule has 0 saturated carbocycles. The summed E-state index contributed by atoms with van der Waals surface area (Å²) < 4.78 is 0. The molecule has 0 aromatic heterocycles. The minimum atomic E-state index is 0.338. The number of aliphatic hydroxyl groups excluding tert-OH is 1. The molecule has 0 radical (unpaired) electrons. The standard InChI is InChI=1S/C8H18O/c1-4-7(2)5-8(3)6-9/h7-9H,4-6H2,1-3H3/t7-,8+/m1/s1. The van der Waals surface area contributed by atoms with Crippen LogP contribution in [0.1, 0.15) is 33.6 Å². The van der Waals surface area contributed by atoms with Gasteiger partial charge in [0.25, 0.3) is 0 Å². The van der Waals surface area contributed by atoms with Crippen molar-refractivity contribution >= 4 is 0 Å². The van der Waals surface area contributed by atoms with E-state index < -0.39 is 0 Å². The molecule has 0 aliphatic carbocycles. The minimum Gasteiger partial charge on any atom is -0.396 e. The van der Waals surface area contributed by atoms with Gasteiger partial charge >= 0.3 is 0 Å². The van der Waals surface area contributed by atoms with E-state index in [0.717, 1.165) is 12.3 Å². The van der Waals surface area contributed by atoms with Crippen LogP contribution in [0.2, 0.25) is 0 Å². The first-order valence-electron chi connectivity index (χ1n) is 3.81. The van der Waals surface area contributed by atoms with Crippen molar-refractivity contribution in [1.82, 2.24) is 0 Å². The third kappa shape index (κ3) is 4.46. The molecular formula is C8H18O. The van der Waals surface area contributed by atoms with Gasteiger partial charge in [-0.25, -0.2) is 0 Å². The van der Waals surface area contributed by atoms with E-state index in [1.165, 1.54) is 6.42 Å². The Morgan fingerprint density at radius 2 is 1.78 bits per heavy atom. The quantitative estimate of drug-likeness (QED) is 0.617. The molecular weight excluding hydrogens is 112 g/mol. The number of hydrogen-bond acceptors (Lipinski definition) is 1. The maximum Gasteiger partial charge on any atom is 0.0456 e. The van der Waals surface area contributed by atoms with Gasteiger partial charge in [0.1, 0.15) is 0 Å². The van der Waals surface area contributed by atoms with Gasteiger partial charge in [-0.3, -0.25) is 0 Å². The van der Waals surface area contributed by atoms with Crippen LogP contribution in [0.5, 0.6) is 0 Å². The highest BCUT2D eigenvalue weighted by Gasteiger charge is 2.04. The predicted octanol–water partition coefficient (Wildman–Crippen LogP) is 2.05. The summed E-state index contributed by atoms with van der Waals surface area (Å²) in [5, 5.41) is 8.68.